The van der Waals surface area contributed by atoms with Gasteiger partial charge in [-0.15, -0.1) is 0 Å². The predicted octanol–water partition coefficient (Wildman–Crippen LogP) is 2.60. The normalized spacial score (nSPS) is 15.0. The highest BCUT2D eigenvalue weighted by atomic mass is 79.9. The van der Waals surface area contributed by atoms with E-state index in [1.165, 1.54) is 0 Å². The van der Waals surface area contributed by atoms with E-state index < -0.39 is 0 Å². The van der Waals surface area contributed by atoms with Crippen LogP contribution in [-0.4, -0.2) is 65.1 Å². The minimum Gasteiger partial charge on any atom is -0.379 e. The zero-order valence-corrected chi connectivity index (χ0v) is 16.3. The van der Waals surface area contributed by atoms with Gasteiger partial charge in [-0.3, -0.25) is 19.7 Å². The number of nitrogens with zero attached hydrogens (tertiary/aromatic N) is 4. The fourth-order valence-electron chi connectivity index (χ4n) is 2.98. The van der Waals surface area contributed by atoms with E-state index in [1.807, 2.05) is 23.1 Å². The summed E-state index contributed by atoms with van der Waals surface area (Å²) >= 11 is 3.39. The van der Waals surface area contributed by atoms with Crippen molar-refractivity contribution in [1.29, 1.82) is 0 Å². The van der Waals surface area contributed by atoms with Crippen LogP contribution in [0.4, 0.5) is 0 Å². The van der Waals surface area contributed by atoms with Crippen LogP contribution in [0, 0.1) is 0 Å². The number of hydrogen-bond donors (Lipinski definition) is 0. The SMILES string of the molecule is O=C(c1cncc(Br)c1)N(CCCN1CCOCC1)Cc1ccncc1. The zero-order chi connectivity index (χ0) is 18.2. The summed E-state index contributed by atoms with van der Waals surface area (Å²) in [5.41, 5.74) is 1.67. The van der Waals surface area contributed by atoms with Crippen LogP contribution in [0.2, 0.25) is 0 Å². The van der Waals surface area contributed by atoms with Crippen LogP contribution in [-0.2, 0) is 11.3 Å². The van der Waals surface area contributed by atoms with Gasteiger partial charge in [0.15, 0.2) is 0 Å². The van der Waals surface area contributed by atoms with Gasteiger partial charge in [0.05, 0.1) is 18.8 Å². The number of carbonyl (C=O) groups excluding carboxylic acids is 1. The Hall–Kier alpha value is -1.83. The zero-order valence-electron chi connectivity index (χ0n) is 14.7. The number of halogens is 1. The Morgan fingerprint density at radius 3 is 2.69 bits per heavy atom. The minimum absolute atomic E-state index is 0.00223. The Kier molecular flexibility index (Phi) is 7.11. The summed E-state index contributed by atoms with van der Waals surface area (Å²) in [7, 11) is 0. The Morgan fingerprint density at radius 2 is 1.96 bits per heavy atom. The molecule has 0 radical (unpaired) electrons. The van der Waals surface area contributed by atoms with Gasteiger partial charge in [-0.2, -0.15) is 0 Å². The van der Waals surface area contributed by atoms with Crippen molar-refractivity contribution in [3.05, 3.63) is 58.6 Å². The van der Waals surface area contributed by atoms with Gasteiger partial charge >= 0.3 is 0 Å². The van der Waals surface area contributed by atoms with Gasteiger partial charge in [0.25, 0.3) is 5.91 Å². The van der Waals surface area contributed by atoms with E-state index >= 15 is 0 Å². The van der Waals surface area contributed by atoms with Crippen LogP contribution < -0.4 is 0 Å². The molecule has 6 nitrogen and oxygen atoms in total. The number of rotatable bonds is 7. The molecule has 1 aliphatic rings. The molecule has 3 heterocycles. The van der Waals surface area contributed by atoms with E-state index in [0.29, 0.717) is 18.7 Å². The number of morpholine rings is 1. The molecule has 138 valence electrons. The molecule has 2 aromatic rings. The molecule has 0 atom stereocenters. The second-order valence-corrected chi connectivity index (χ2v) is 7.20. The first-order valence-corrected chi connectivity index (χ1v) is 9.60. The van der Waals surface area contributed by atoms with Crippen molar-refractivity contribution in [2.24, 2.45) is 0 Å². The Balaban J connectivity index is 1.65. The molecule has 0 spiro atoms. The smallest absolute Gasteiger partial charge is 0.255 e. The number of carbonyl (C=O) groups is 1. The van der Waals surface area contributed by atoms with E-state index in [0.717, 1.165) is 49.3 Å². The van der Waals surface area contributed by atoms with Gasteiger partial charge in [-0.05, 0) is 46.1 Å². The minimum atomic E-state index is -0.00223. The van der Waals surface area contributed by atoms with Gasteiger partial charge < -0.3 is 9.64 Å². The number of hydrogen-bond acceptors (Lipinski definition) is 5. The molecule has 0 saturated carbocycles. The van der Waals surface area contributed by atoms with Crippen molar-refractivity contribution < 1.29 is 9.53 Å². The van der Waals surface area contributed by atoms with Gasteiger partial charge in [0, 0.05) is 62.0 Å². The molecule has 1 saturated heterocycles. The standard InChI is InChI=1S/C19H23BrN4O2/c20-18-12-17(13-22-14-18)19(25)24(15-16-2-4-21-5-3-16)7-1-6-23-8-10-26-11-9-23/h2-5,12-14H,1,6-11,15H2. The number of amides is 1. The molecule has 0 N–H and O–H groups in total. The molecule has 1 aliphatic heterocycles. The third kappa shape index (κ3) is 5.59. The van der Waals surface area contributed by atoms with Gasteiger partial charge in [0.2, 0.25) is 0 Å². The Morgan fingerprint density at radius 1 is 1.19 bits per heavy atom. The van der Waals surface area contributed by atoms with E-state index in [-0.39, 0.29) is 5.91 Å². The fourth-order valence-corrected chi connectivity index (χ4v) is 3.35. The largest absolute Gasteiger partial charge is 0.379 e. The lowest BCUT2D eigenvalue weighted by Gasteiger charge is -2.28. The second-order valence-electron chi connectivity index (χ2n) is 6.28. The third-order valence-electron chi connectivity index (χ3n) is 4.37. The van der Waals surface area contributed by atoms with Crippen LogP contribution in [0.3, 0.4) is 0 Å². The van der Waals surface area contributed by atoms with Crippen molar-refractivity contribution >= 4 is 21.8 Å². The van der Waals surface area contributed by atoms with Gasteiger partial charge in [-0.1, -0.05) is 0 Å². The fraction of sp³-hybridized carbons (Fsp3) is 0.421. The Labute approximate surface area is 162 Å². The molecule has 26 heavy (non-hydrogen) atoms. The van der Waals surface area contributed by atoms with Gasteiger partial charge in [0.1, 0.15) is 0 Å². The predicted molar refractivity (Wildman–Crippen MR) is 103 cm³/mol. The summed E-state index contributed by atoms with van der Waals surface area (Å²) in [6, 6.07) is 5.71. The molecule has 1 fully saturated rings. The van der Waals surface area contributed by atoms with Crippen molar-refractivity contribution in [2.45, 2.75) is 13.0 Å². The van der Waals surface area contributed by atoms with Crippen molar-refractivity contribution in [1.82, 2.24) is 19.8 Å². The lowest BCUT2D eigenvalue weighted by molar-refractivity contribution is 0.0355. The average Bonchev–Trinajstić information content (AvgIpc) is 2.68. The van der Waals surface area contributed by atoms with Crippen LogP contribution >= 0.6 is 15.9 Å². The maximum Gasteiger partial charge on any atom is 0.255 e. The quantitative estimate of drug-likeness (QED) is 0.691. The van der Waals surface area contributed by atoms with E-state index in [1.54, 1.807) is 24.8 Å². The van der Waals surface area contributed by atoms with Crippen molar-refractivity contribution in [3.63, 3.8) is 0 Å². The lowest BCUT2D eigenvalue weighted by atomic mass is 10.2. The molecule has 0 aromatic carbocycles. The van der Waals surface area contributed by atoms with E-state index in [4.69, 9.17) is 4.74 Å². The van der Waals surface area contributed by atoms with Crippen LogP contribution in [0.5, 0.6) is 0 Å². The molecule has 3 rings (SSSR count). The average molecular weight is 419 g/mol. The first kappa shape index (κ1) is 18.9. The van der Waals surface area contributed by atoms with Crippen molar-refractivity contribution in [2.75, 3.05) is 39.4 Å². The van der Waals surface area contributed by atoms with E-state index in [9.17, 15) is 4.79 Å². The van der Waals surface area contributed by atoms with Crippen LogP contribution in [0.1, 0.15) is 22.3 Å². The van der Waals surface area contributed by atoms with Crippen LogP contribution in [0.15, 0.2) is 47.5 Å². The number of ether oxygens (including phenoxy) is 1. The van der Waals surface area contributed by atoms with Crippen molar-refractivity contribution in [3.8, 4) is 0 Å². The summed E-state index contributed by atoms with van der Waals surface area (Å²) < 4.78 is 6.20. The molecule has 1 amide bonds. The molecular weight excluding hydrogens is 396 g/mol. The molecular formula is C19H23BrN4O2. The summed E-state index contributed by atoms with van der Waals surface area (Å²) in [5, 5.41) is 0. The first-order valence-electron chi connectivity index (χ1n) is 8.81. The molecule has 0 unspecified atom stereocenters. The second kappa shape index (κ2) is 9.75. The Bertz CT molecular complexity index is 708. The number of pyridine rings is 2. The summed E-state index contributed by atoms with van der Waals surface area (Å²) in [4.78, 5) is 25.5. The lowest BCUT2D eigenvalue weighted by Crippen LogP contribution is -2.39. The summed E-state index contributed by atoms with van der Waals surface area (Å²) in [6.07, 6.45) is 7.74. The monoisotopic (exact) mass is 418 g/mol. The molecule has 7 heteroatoms. The summed E-state index contributed by atoms with van der Waals surface area (Å²) in [5.74, 6) is -0.00223. The highest BCUT2D eigenvalue weighted by molar-refractivity contribution is 9.10. The highest BCUT2D eigenvalue weighted by Crippen LogP contribution is 2.14. The first-order chi connectivity index (χ1) is 12.7. The summed E-state index contributed by atoms with van der Waals surface area (Å²) in [6.45, 7) is 5.76. The van der Waals surface area contributed by atoms with Crippen LogP contribution in [0.25, 0.3) is 0 Å². The van der Waals surface area contributed by atoms with Gasteiger partial charge in [-0.25, -0.2) is 0 Å². The maximum absolute atomic E-state index is 13.0. The van der Waals surface area contributed by atoms with E-state index in [2.05, 4.69) is 30.8 Å². The molecule has 0 bridgehead atoms. The third-order valence-corrected chi connectivity index (χ3v) is 4.80. The maximum atomic E-state index is 13.0. The molecule has 0 aliphatic carbocycles. The highest BCUT2D eigenvalue weighted by Gasteiger charge is 2.18. The topological polar surface area (TPSA) is 58.6 Å². The number of aromatic nitrogens is 2. The molecule has 2 aromatic heterocycles.